The molecule has 0 aromatic heterocycles. The summed E-state index contributed by atoms with van der Waals surface area (Å²) in [6.45, 7) is 0.446. The van der Waals surface area contributed by atoms with Gasteiger partial charge < -0.3 is 4.74 Å². The average molecular weight is 363 g/mol. The van der Waals surface area contributed by atoms with Gasteiger partial charge in [0.2, 0.25) is 0 Å². The van der Waals surface area contributed by atoms with Crippen LogP contribution < -0.4 is 0 Å². The fourth-order valence-corrected chi connectivity index (χ4v) is 4.10. The molecule has 0 bridgehead atoms. The lowest BCUT2D eigenvalue weighted by molar-refractivity contribution is -0.142. The number of hydrogen-bond acceptors (Lipinski definition) is 2. The van der Waals surface area contributed by atoms with Crippen LogP contribution in [0.5, 0.6) is 0 Å². The van der Waals surface area contributed by atoms with Crippen molar-refractivity contribution in [3.63, 3.8) is 0 Å². The number of alkyl halides is 3. The van der Waals surface area contributed by atoms with E-state index in [1.54, 1.807) is 0 Å². The molecule has 21 heavy (non-hydrogen) atoms. The molecule has 0 radical (unpaired) electrons. The summed E-state index contributed by atoms with van der Waals surface area (Å²) in [5.41, 5.74) is 0.0935. The minimum atomic E-state index is -4.38. The molecule has 3 rings (SSSR count). The van der Waals surface area contributed by atoms with E-state index >= 15 is 0 Å². The second kappa shape index (κ2) is 5.30. The number of fused-ring (bicyclic) bond motifs is 1. The summed E-state index contributed by atoms with van der Waals surface area (Å²) in [7, 11) is 0. The van der Waals surface area contributed by atoms with Crippen molar-refractivity contribution in [3.05, 3.63) is 33.8 Å². The zero-order valence-electron chi connectivity index (χ0n) is 11.1. The molecule has 2 nitrogen and oxygen atoms in total. The largest absolute Gasteiger partial charge is 0.465 e. The highest BCUT2D eigenvalue weighted by Crippen LogP contribution is 2.46. The number of rotatable bonds is 1. The van der Waals surface area contributed by atoms with Gasteiger partial charge in [0.25, 0.3) is 0 Å². The van der Waals surface area contributed by atoms with E-state index in [0.29, 0.717) is 6.61 Å². The summed E-state index contributed by atoms with van der Waals surface area (Å²) in [6, 6.07) is 4.08. The molecule has 6 heteroatoms. The molecule has 1 aliphatic heterocycles. The van der Waals surface area contributed by atoms with Crippen LogP contribution in [-0.2, 0) is 15.7 Å². The Bertz CT molecular complexity index is 571. The fraction of sp³-hybridized carbons (Fsp3) is 0.533. The third-order valence-corrected chi connectivity index (χ3v) is 5.13. The molecule has 0 spiro atoms. The summed E-state index contributed by atoms with van der Waals surface area (Å²) in [4.78, 5) is 11.9. The van der Waals surface area contributed by atoms with Gasteiger partial charge in [0, 0.05) is 10.4 Å². The molecule has 0 N–H and O–H groups in total. The first-order chi connectivity index (χ1) is 9.88. The number of cyclic esters (lactones) is 1. The highest BCUT2D eigenvalue weighted by Gasteiger charge is 2.45. The molecular formula is C15H14BrF3O2. The predicted octanol–water partition coefficient (Wildman–Crippen LogP) is 4.52. The third-order valence-electron chi connectivity index (χ3n) is 4.47. The van der Waals surface area contributed by atoms with Crippen molar-refractivity contribution in [2.45, 2.75) is 31.4 Å². The van der Waals surface area contributed by atoms with E-state index in [0.717, 1.165) is 30.9 Å². The Kier molecular flexibility index (Phi) is 3.76. The van der Waals surface area contributed by atoms with Crippen molar-refractivity contribution in [1.82, 2.24) is 0 Å². The molecule has 1 aromatic rings. The lowest BCUT2D eigenvalue weighted by Gasteiger charge is -2.31. The Labute approximate surface area is 128 Å². The summed E-state index contributed by atoms with van der Waals surface area (Å²) in [6.07, 6.45) is -1.64. The molecule has 2 aliphatic rings. The van der Waals surface area contributed by atoms with Gasteiger partial charge in [0.05, 0.1) is 18.1 Å². The van der Waals surface area contributed by atoms with Crippen LogP contribution in [0, 0.1) is 11.8 Å². The summed E-state index contributed by atoms with van der Waals surface area (Å²) in [5.74, 6) is -0.252. The van der Waals surface area contributed by atoms with Crippen molar-refractivity contribution in [2.75, 3.05) is 6.61 Å². The monoisotopic (exact) mass is 362 g/mol. The lowest BCUT2D eigenvalue weighted by Crippen LogP contribution is -2.28. The Morgan fingerprint density at radius 2 is 2.00 bits per heavy atom. The number of ether oxygens (including phenoxy) is 1. The Morgan fingerprint density at radius 1 is 1.24 bits per heavy atom. The van der Waals surface area contributed by atoms with E-state index in [-0.39, 0.29) is 28.2 Å². The van der Waals surface area contributed by atoms with Gasteiger partial charge in [-0.3, -0.25) is 4.79 Å². The van der Waals surface area contributed by atoms with E-state index in [1.165, 1.54) is 12.1 Å². The van der Waals surface area contributed by atoms with Crippen LogP contribution in [0.4, 0.5) is 13.2 Å². The van der Waals surface area contributed by atoms with Gasteiger partial charge in [-0.05, 0) is 36.5 Å². The first-order valence-electron chi connectivity index (χ1n) is 6.91. The average Bonchev–Trinajstić information content (AvgIpc) is 2.79. The molecule has 1 heterocycles. The Balaban J connectivity index is 1.93. The Hall–Kier alpha value is -1.04. The molecular weight excluding hydrogens is 349 g/mol. The third kappa shape index (κ3) is 2.70. The first-order valence-corrected chi connectivity index (χ1v) is 7.70. The fourth-order valence-electron chi connectivity index (χ4n) is 3.48. The smallest absolute Gasteiger partial charge is 0.417 e. The number of esters is 1. The van der Waals surface area contributed by atoms with Crippen molar-refractivity contribution in [3.8, 4) is 0 Å². The molecule has 3 atom stereocenters. The summed E-state index contributed by atoms with van der Waals surface area (Å²) >= 11 is 3.00. The van der Waals surface area contributed by atoms with Gasteiger partial charge in [-0.2, -0.15) is 13.2 Å². The highest BCUT2D eigenvalue weighted by atomic mass is 79.9. The zero-order chi connectivity index (χ0) is 15.2. The van der Waals surface area contributed by atoms with E-state index < -0.39 is 11.7 Å². The van der Waals surface area contributed by atoms with E-state index in [1.807, 2.05) is 0 Å². The lowest BCUT2D eigenvalue weighted by atomic mass is 9.70. The predicted molar refractivity (Wildman–Crippen MR) is 73.7 cm³/mol. The van der Waals surface area contributed by atoms with E-state index in [9.17, 15) is 18.0 Å². The second-order valence-electron chi connectivity index (χ2n) is 5.69. The molecule has 3 unspecified atom stereocenters. The van der Waals surface area contributed by atoms with Crippen molar-refractivity contribution < 1.29 is 22.7 Å². The SMILES string of the molecule is O=C1OCC2CCCC(c3ccc(C(F)(F)F)c(Br)c3)C12. The number of carbonyl (C=O) groups excluding carboxylic acids is 1. The van der Waals surface area contributed by atoms with E-state index in [2.05, 4.69) is 15.9 Å². The van der Waals surface area contributed by atoms with Gasteiger partial charge in [0.15, 0.2) is 0 Å². The molecule has 2 fully saturated rings. The number of benzene rings is 1. The van der Waals surface area contributed by atoms with Crippen LogP contribution in [0.1, 0.15) is 36.3 Å². The van der Waals surface area contributed by atoms with Crippen LogP contribution in [-0.4, -0.2) is 12.6 Å². The topological polar surface area (TPSA) is 26.3 Å². The molecule has 114 valence electrons. The Morgan fingerprint density at radius 3 is 2.67 bits per heavy atom. The normalized spacial score (nSPS) is 29.1. The van der Waals surface area contributed by atoms with Gasteiger partial charge in [-0.25, -0.2) is 0 Å². The summed E-state index contributed by atoms with van der Waals surface area (Å²) < 4.78 is 43.5. The van der Waals surface area contributed by atoms with Gasteiger partial charge in [-0.15, -0.1) is 0 Å². The van der Waals surface area contributed by atoms with Crippen molar-refractivity contribution >= 4 is 21.9 Å². The zero-order valence-corrected chi connectivity index (χ0v) is 12.7. The first kappa shape index (κ1) is 14.9. The second-order valence-corrected chi connectivity index (χ2v) is 6.54. The van der Waals surface area contributed by atoms with Gasteiger partial charge in [-0.1, -0.05) is 28.4 Å². The number of hydrogen-bond donors (Lipinski definition) is 0. The molecule has 1 aliphatic carbocycles. The minimum Gasteiger partial charge on any atom is -0.465 e. The van der Waals surface area contributed by atoms with Crippen LogP contribution in [0.25, 0.3) is 0 Å². The molecule has 1 saturated carbocycles. The highest BCUT2D eigenvalue weighted by molar-refractivity contribution is 9.10. The molecule has 1 aromatic carbocycles. The molecule has 0 amide bonds. The van der Waals surface area contributed by atoms with Crippen LogP contribution in [0.15, 0.2) is 22.7 Å². The van der Waals surface area contributed by atoms with Crippen LogP contribution >= 0.6 is 15.9 Å². The maximum absolute atomic E-state index is 12.8. The quantitative estimate of drug-likeness (QED) is 0.686. The van der Waals surface area contributed by atoms with Gasteiger partial charge >= 0.3 is 12.1 Å². The van der Waals surface area contributed by atoms with Crippen molar-refractivity contribution in [2.24, 2.45) is 11.8 Å². The summed E-state index contributed by atoms with van der Waals surface area (Å²) in [5, 5.41) is 0. The van der Waals surface area contributed by atoms with Crippen LogP contribution in [0.3, 0.4) is 0 Å². The van der Waals surface area contributed by atoms with Crippen molar-refractivity contribution in [1.29, 1.82) is 0 Å². The maximum Gasteiger partial charge on any atom is 0.417 e. The number of halogens is 4. The number of carbonyl (C=O) groups is 1. The molecule has 1 saturated heterocycles. The minimum absolute atomic E-state index is 0.0287. The van der Waals surface area contributed by atoms with Gasteiger partial charge in [0.1, 0.15) is 0 Å². The standard InChI is InChI=1S/C15H14BrF3O2/c16-12-6-8(4-5-11(12)15(17,18)19)10-3-1-2-9-7-21-14(20)13(9)10/h4-6,9-10,13H,1-3,7H2. The van der Waals surface area contributed by atoms with Crippen LogP contribution in [0.2, 0.25) is 0 Å². The van der Waals surface area contributed by atoms with E-state index in [4.69, 9.17) is 4.74 Å². The maximum atomic E-state index is 12.8.